The normalized spacial score (nSPS) is 9.71. The van der Waals surface area contributed by atoms with Crippen molar-refractivity contribution in [3.63, 3.8) is 0 Å². The first-order valence-electron chi connectivity index (χ1n) is 4.15. The Labute approximate surface area is 81.6 Å². The van der Waals surface area contributed by atoms with Crippen LogP contribution in [-0.2, 0) is 6.61 Å². The smallest absolute Gasteiger partial charge is 0.147 e. The zero-order chi connectivity index (χ0) is 9.64. The SMILES string of the molecule is [c]1ncccc1OCc1cnccn1. The largest absolute Gasteiger partial charge is 0.485 e. The molecular weight excluding hydrogens is 178 g/mol. The molecule has 2 heterocycles. The summed E-state index contributed by atoms with van der Waals surface area (Å²) in [7, 11) is 0. The Balaban J connectivity index is 1.96. The monoisotopic (exact) mass is 186 g/mol. The van der Waals surface area contributed by atoms with E-state index in [2.05, 4.69) is 21.1 Å². The summed E-state index contributed by atoms with van der Waals surface area (Å²) >= 11 is 0. The van der Waals surface area contributed by atoms with Crippen LogP contribution in [-0.4, -0.2) is 15.0 Å². The van der Waals surface area contributed by atoms with Gasteiger partial charge in [-0.3, -0.25) is 15.0 Å². The summed E-state index contributed by atoms with van der Waals surface area (Å²) in [6.07, 6.45) is 9.28. The average molecular weight is 186 g/mol. The molecule has 0 N–H and O–H groups in total. The third-order valence-electron chi connectivity index (χ3n) is 1.58. The van der Waals surface area contributed by atoms with Gasteiger partial charge in [0.15, 0.2) is 0 Å². The molecule has 4 heteroatoms. The van der Waals surface area contributed by atoms with Gasteiger partial charge in [0.2, 0.25) is 0 Å². The number of nitrogens with zero attached hydrogens (tertiary/aromatic N) is 3. The van der Waals surface area contributed by atoms with Crippen molar-refractivity contribution in [3.8, 4) is 5.75 Å². The maximum Gasteiger partial charge on any atom is 0.147 e. The van der Waals surface area contributed by atoms with E-state index in [4.69, 9.17) is 4.74 Å². The molecule has 0 aromatic carbocycles. The van der Waals surface area contributed by atoms with Gasteiger partial charge in [-0.1, -0.05) is 0 Å². The highest BCUT2D eigenvalue weighted by Gasteiger charge is 1.95. The minimum absolute atomic E-state index is 0.385. The van der Waals surface area contributed by atoms with Crippen molar-refractivity contribution < 1.29 is 4.74 Å². The topological polar surface area (TPSA) is 47.9 Å². The molecule has 0 amide bonds. The van der Waals surface area contributed by atoms with Gasteiger partial charge in [0.25, 0.3) is 0 Å². The lowest BCUT2D eigenvalue weighted by Crippen LogP contribution is -1.98. The summed E-state index contributed by atoms with van der Waals surface area (Å²) in [6.45, 7) is 0.385. The Morgan fingerprint density at radius 2 is 2.29 bits per heavy atom. The molecule has 2 aromatic heterocycles. The molecule has 0 aliphatic rings. The van der Waals surface area contributed by atoms with Crippen molar-refractivity contribution in [3.05, 3.63) is 48.8 Å². The van der Waals surface area contributed by atoms with E-state index in [1.807, 2.05) is 0 Å². The minimum atomic E-state index is 0.385. The van der Waals surface area contributed by atoms with E-state index in [0.717, 1.165) is 5.69 Å². The van der Waals surface area contributed by atoms with E-state index in [1.54, 1.807) is 36.9 Å². The standard InChI is InChI=1S/C10H8N3O/c1-2-10(7-11-3-1)14-8-9-6-12-4-5-13-9/h1-6H,8H2. The second-order valence-electron chi connectivity index (χ2n) is 2.60. The molecule has 0 saturated heterocycles. The van der Waals surface area contributed by atoms with Gasteiger partial charge < -0.3 is 4.74 Å². The van der Waals surface area contributed by atoms with Crippen molar-refractivity contribution in [1.82, 2.24) is 15.0 Å². The van der Waals surface area contributed by atoms with Gasteiger partial charge in [-0.2, -0.15) is 0 Å². The highest BCUT2D eigenvalue weighted by atomic mass is 16.5. The van der Waals surface area contributed by atoms with Gasteiger partial charge in [-0.15, -0.1) is 0 Å². The summed E-state index contributed by atoms with van der Waals surface area (Å²) in [5.41, 5.74) is 0.782. The third kappa shape index (κ3) is 2.26. The fourth-order valence-corrected chi connectivity index (χ4v) is 0.948. The van der Waals surface area contributed by atoms with Crippen molar-refractivity contribution in [1.29, 1.82) is 0 Å². The Morgan fingerprint density at radius 1 is 1.29 bits per heavy atom. The molecule has 0 aliphatic heterocycles. The fraction of sp³-hybridized carbons (Fsp3) is 0.100. The molecule has 2 rings (SSSR count). The molecular formula is C10H8N3O. The molecule has 2 aromatic rings. The summed E-state index contributed by atoms with van der Waals surface area (Å²) in [4.78, 5) is 11.8. The van der Waals surface area contributed by atoms with Crippen LogP contribution in [0.1, 0.15) is 5.69 Å². The Bertz CT molecular complexity index is 338. The van der Waals surface area contributed by atoms with Crippen LogP contribution in [0.2, 0.25) is 0 Å². The lowest BCUT2D eigenvalue weighted by atomic mass is 10.4. The van der Waals surface area contributed by atoms with Gasteiger partial charge >= 0.3 is 0 Å². The van der Waals surface area contributed by atoms with Crippen molar-refractivity contribution in [2.45, 2.75) is 6.61 Å². The molecule has 0 spiro atoms. The highest BCUT2D eigenvalue weighted by molar-refractivity contribution is 5.14. The lowest BCUT2D eigenvalue weighted by Gasteiger charge is -2.02. The minimum Gasteiger partial charge on any atom is -0.485 e. The molecule has 0 unspecified atom stereocenters. The fourth-order valence-electron chi connectivity index (χ4n) is 0.948. The van der Waals surface area contributed by atoms with Gasteiger partial charge in [0.05, 0.1) is 11.9 Å². The van der Waals surface area contributed by atoms with Gasteiger partial charge in [-0.05, 0) is 12.1 Å². The van der Waals surface area contributed by atoms with E-state index in [9.17, 15) is 0 Å². The lowest BCUT2D eigenvalue weighted by molar-refractivity contribution is 0.299. The number of aromatic nitrogens is 3. The predicted octanol–water partition coefficient (Wildman–Crippen LogP) is 1.25. The number of ether oxygens (including phenoxy) is 1. The Kier molecular flexibility index (Phi) is 2.66. The maximum atomic E-state index is 5.37. The van der Waals surface area contributed by atoms with Crippen LogP contribution in [0, 0.1) is 6.20 Å². The van der Waals surface area contributed by atoms with Crippen molar-refractivity contribution >= 4 is 0 Å². The van der Waals surface area contributed by atoms with Crippen LogP contribution in [0.25, 0.3) is 0 Å². The van der Waals surface area contributed by atoms with Crippen molar-refractivity contribution in [2.24, 2.45) is 0 Å². The van der Waals surface area contributed by atoms with Crippen LogP contribution in [0.5, 0.6) is 5.75 Å². The average Bonchev–Trinajstić information content (AvgIpc) is 2.29. The number of hydrogen-bond acceptors (Lipinski definition) is 4. The second kappa shape index (κ2) is 4.32. The Hall–Kier alpha value is -1.97. The second-order valence-corrected chi connectivity index (χ2v) is 2.60. The first-order valence-corrected chi connectivity index (χ1v) is 4.15. The molecule has 69 valence electrons. The van der Waals surface area contributed by atoms with Crippen LogP contribution in [0.15, 0.2) is 36.9 Å². The van der Waals surface area contributed by atoms with Crippen LogP contribution in [0.3, 0.4) is 0 Å². The van der Waals surface area contributed by atoms with Crippen molar-refractivity contribution in [2.75, 3.05) is 0 Å². The molecule has 14 heavy (non-hydrogen) atoms. The van der Waals surface area contributed by atoms with E-state index in [1.165, 1.54) is 0 Å². The van der Waals surface area contributed by atoms with Crippen LogP contribution in [0.4, 0.5) is 0 Å². The molecule has 4 nitrogen and oxygen atoms in total. The number of hydrogen-bond donors (Lipinski definition) is 0. The summed E-state index contributed by atoms with van der Waals surface area (Å²) in [6, 6.07) is 3.59. The molecule has 0 bridgehead atoms. The molecule has 0 aliphatic carbocycles. The van der Waals surface area contributed by atoms with Gasteiger partial charge in [0, 0.05) is 18.6 Å². The Morgan fingerprint density at radius 3 is 3.00 bits per heavy atom. The molecule has 1 radical (unpaired) electrons. The zero-order valence-electron chi connectivity index (χ0n) is 7.42. The number of rotatable bonds is 3. The molecule has 0 fully saturated rings. The first kappa shape index (κ1) is 8.62. The summed E-state index contributed by atoms with van der Waals surface area (Å²) in [5, 5.41) is 0. The van der Waals surface area contributed by atoms with E-state index >= 15 is 0 Å². The summed E-state index contributed by atoms with van der Waals surface area (Å²) < 4.78 is 5.37. The molecule has 0 atom stereocenters. The van der Waals surface area contributed by atoms with Gasteiger partial charge in [-0.25, -0.2) is 0 Å². The number of pyridine rings is 1. The van der Waals surface area contributed by atoms with E-state index in [0.29, 0.717) is 12.4 Å². The van der Waals surface area contributed by atoms with Crippen LogP contribution < -0.4 is 4.74 Å². The quantitative estimate of drug-likeness (QED) is 0.723. The zero-order valence-corrected chi connectivity index (χ0v) is 7.42. The van der Waals surface area contributed by atoms with Gasteiger partial charge in [0.1, 0.15) is 18.6 Å². The first-order chi connectivity index (χ1) is 6.95. The van der Waals surface area contributed by atoms with Crippen LogP contribution >= 0.6 is 0 Å². The predicted molar refractivity (Wildman–Crippen MR) is 49.4 cm³/mol. The summed E-state index contributed by atoms with van der Waals surface area (Å²) in [5.74, 6) is 0.609. The highest BCUT2D eigenvalue weighted by Crippen LogP contribution is 2.07. The third-order valence-corrected chi connectivity index (χ3v) is 1.58. The molecule has 0 saturated carbocycles. The van der Waals surface area contributed by atoms with E-state index < -0.39 is 0 Å². The maximum absolute atomic E-state index is 5.37. The van der Waals surface area contributed by atoms with E-state index in [-0.39, 0.29) is 0 Å².